The zero-order valence-corrected chi connectivity index (χ0v) is 22.5. The number of benzene rings is 1. The molecule has 3 aromatic rings. The molecule has 0 unspecified atom stereocenters. The minimum absolute atomic E-state index is 0.0108. The number of anilines is 2. The molecular weight excluding hydrogens is 486 g/mol. The maximum atomic E-state index is 13.5. The van der Waals surface area contributed by atoms with Gasteiger partial charge in [-0.25, -0.2) is 4.79 Å². The Balaban J connectivity index is 1.58. The van der Waals surface area contributed by atoms with Gasteiger partial charge in [0, 0.05) is 28.7 Å². The van der Waals surface area contributed by atoms with Crippen LogP contribution in [0, 0.1) is 18.8 Å². The van der Waals surface area contributed by atoms with Gasteiger partial charge in [0.05, 0.1) is 5.69 Å². The van der Waals surface area contributed by atoms with E-state index in [9.17, 15) is 19.5 Å². The van der Waals surface area contributed by atoms with Crippen LogP contribution in [0.5, 0.6) is 0 Å². The molecule has 8 heteroatoms. The van der Waals surface area contributed by atoms with Gasteiger partial charge in [-0.1, -0.05) is 25.1 Å². The van der Waals surface area contributed by atoms with E-state index >= 15 is 0 Å². The number of aromatic nitrogens is 1. The lowest BCUT2D eigenvalue weighted by Crippen LogP contribution is -2.42. The van der Waals surface area contributed by atoms with Crippen molar-refractivity contribution < 1.29 is 19.5 Å². The first-order chi connectivity index (χ1) is 17.7. The molecule has 4 rings (SSSR count). The number of carbonyl (C=O) groups excluding carboxylic acids is 2. The van der Waals surface area contributed by atoms with Gasteiger partial charge < -0.3 is 15.3 Å². The molecule has 1 saturated carbocycles. The van der Waals surface area contributed by atoms with Crippen LogP contribution in [0.4, 0.5) is 11.4 Å². The smallest absolute Gasteiger partial charge is 0.348 e. The lowest BCUT2D eigenvalue weighted by atomic mass is 9.82. The van der Waals surface area contributed by atoms with Crippen molar-refractivity contribution in [3.8, 4) is 10.4 Å². The number of aromatic carboxylic acids is 1. The summed E-state index contributed by atoms with van der Waals surface area (Å²) in [5.41, 5.74) is 3.03. The third-order valence-corrected chi connectivity index (χ3v) is 8.10. The molecule has 0 saturated heterocycles. The van der Waals surface area contributed by atoms with E-state index in [0.717, 1.165) is 53.0 Å². The van der Waals surface area contributed by atoms with E-state index in [-0.39, 0.29) is 28.7 Å². The highest BCUT2D eigenvalue weighted by molar-refractivity contribution is 7.18. The number of nitrogens with zero attached hydrogens (tertiary/aromatic N) is 2. The number of hydrogen-bond donors (Lipinski definition) is 2. The Morgan fingerprint density at radius 1 is 1.08 bits per heavy atom. The van der Waals surface area contributed by atoms with Crippen molar-refractivity contribution in [2.24, 2.45) is 11.8 Å². The predicted molar refractivity (Wildman–Crippen MR) is 147 cm³/mol. The van der Waals surface area contributed by atoms with E-state index in [0.29, 0.717) is 23.0 Å². The third-order valence-electron chi connectivity index (χ3n) is 6.94. The Kier molecular flexibility index (Phi) is 8.07. The van der Waals surface area contributed by atoms with Crippen LogP contribution in [0.25, 0.3) is 10.4 Å². The monoisotopic (exact) mass is 519 g/mol. The van der Waals surface area contributed by atoms with E-state index < -0.39 is 5.97 Å². The van der Waals surface area contributed by atoms with Crippen molar-refractivity contribution >= 4 is 40.5 Å². The van der Waals surface area contributed by atoms with Crippen LogP contribution in [-0.4, -0.2) is 33.9 Å². The molecule has 0 atom stereocenters. The molecule has 2 N–H and O–H groups in total. The van der Waals surface area contributed by atoms with Crippen LogP contribution in [-0.2, 0) is 4.79 Å². The van der Waals surface area contributed by atoms with Gasteiger partial charge >= 0.3 is 5.97 Å². The Hall–Kier alpha value is -3.52. The summed E-state index contributed by atoms with van der Waals surface area (Å²) in [5.74, 6) is -0.775. The van der Waals surface area contributed by atoms with Crippen molar-refractivity contribution in [3.63, 3.8) is 0 Å². The van der Waals surface area contributed by atoms with Gasteiger partial charge in [0.15, 0.2) is 0 Å². The van der Waals surface area contributed by atoms with E-state index in [1.807, 2.05) is 45.0 Å². The topological polar surface area (TPSA) is 99.6 Å². The number of carbonyl (C=O) groups is 3. The highest BCUT2D eigenvalue weighted by Gasteiger charge is 2.33. The molecular formula is C29H33N3O4S. The lowest BCUT2D eigenvalue weighted by molar-refractivity contribution is -0.123. The van der Waals surface area contributed by atoms with Gasteiger partial charge in [-0.05, 0) is 87.8 Å². The van der Waals surface area contributed by atoms with Crippen molar-refractivity contribution in [2.75, 3.05) is 10.2 Å². The SMILES string of the molecule is Cc1cccnc1C(=O)Nc1ccc(-c2cc(N(C(=O)[C@H]3CC[C@H](C)CC3)C(C)C)c(C(=O)O)s2)cc1. The Bertz CT molecular complexity index is 1290. The van der Waals surface area contributed by atoms with Gasteiger partial charge in [-0.3, -0.25) is 14.6 Å². The van der Waals surface area contributed by atoms with E-state index in [1.165, 1.54) is 0 Å². The summed E-state index contributed by atoms with van der Waals surface area (Å²) in [6.45, 7) is 7.89. The molecule has 2 amide bonds. The third kappa shape index (κ3) is 5.91. The first-order valence-corrected chi connectivity index (χ1v) is 13.5. The Morgan fingerprint density at radius 2 is 1.76 bits per heavy atom. The minimum atomic E-state index is -1.04. The van der Waals surface area contributed by atoms with Crippen LogP contribution in [0.2, 0.25) is 0 Å². The average Bonchev–Trinajstić information content (AvgIpc) is 3.30. The fraction of sp³-hybridized carbons (Fsp3) is 0.379. The number of hydrogen-bond acceptors (Lipinski definition) is 5. The normalized spacial score (nSPS) is 17.4. The summed E-state index contributed by atoms with van der Waals surface area (Å²) in [4.78, 5) is 45.1. The van der Waals surface area contributed by atoms with Gasteiger partial charge in [0.2, 0.25) is 5.91 Å². The van der Waals surface area contributed by atoms with Crippen LogP contribution in [0.1, 0.15) is 72.2 Å². The number of carboxylic acids is 1. The van der Waals surface area contributed by atoms with Gasteiger partial charge in [0.1, 0.15) is 10.6 Å². The predicted octanol–water partition coefficient (Wildman–Crippen LogP) is 6.64. The van der Waals surface area contributed by atoms with Gasteiger partial charge in [-0.15, -0.1) is 11.3 Å². The maximum Gasteiger partial charge on any atom is 0.348 e. The second-order valence-corrected chi connectivity index (χ2v) is 11.1. The molecule has 1 aliphatic carbocycles. The second kappa shape index (κ2) is 11.3. The number of rotatable bonds is 7. The maximum absolute atomic E-state index is 13.5. The fourth-order valence-corrected chi connectivity index (χ4v) is 5.84. The van der Waals surface area contributed by atoms with Gasteiger partial charge in [0.25, 0.3) is 5.91 Å². The van der Waals surface area contributed by atoms with Crippen molar-refractivity contribution in [3.05, 3.63) is 64.8 Å². The number of aryl methyl sites for hydroxylation is 1. The molecule has 0 aliphatic heterocycles. The number of pyridine rings is 1. The number of amides is 2. The molecule has 1 aromatic carbocycles. The zero-order chi connectivity index (χ0) is 26.7. The largest absolute Gasteiger partial charge is 0.477 e. The summed E-state index contributed by atoms with van der Waals surface area (Å²) in [6.07, 6.45) is 5.30. The van der Waals surface area contributed by atoms with Crippen molar-refractivity contribution in [1.29, 1.82) is 0 Å². The Labute approximate surface area is 221 Å². The molecule has 1 fully saturated rings. The summed E-state index contributed by atoms with van der Waals surface area (Å²) in [6, 6.07) is 12.5. The van der Waals surface area contributed by atoms with E-state index in [4.69, 9.17) is 0 Å². The molecule has 2 aromatic heterocycles. The average molecular weight is 520 g/mol. The standard InChI is InChI=1S/C29H33N3O4S/c1-17(2)32(28(34)21-9-7-18(3)8-10-21)23-16-24(37-26(23)29(35)36)20-11-13-22(14-12-20)31-27(33)25-19(4)6-5-15-30-25/h5-6,11-18,21H,7-10H2,1-4H3,(H,31,33)(H,35,36)/t18-,21-. The van der Waals surface area contributed by atoms with Gasteiger partial charge in [-0.2, -0.15) is 0 Å². The van der Waals surface area contributed by atoms with E-state index in [2.05, 4.69) is 17.2 Å². The molecule has 7 nitrogen and oxygen atoms in total. The second-order valence-electron chi connectivity index (χ2n) is 10.1. The molecule has 0 bridgehead atoms. The molecule has 37 heavy (non-hydrogen) atoms. The van der Waals surface area contributed by atoms with Crippen molar-refractivity contribution in [1.82, 2.24) is 4.98 Å². The highest BCUT2D eigenvalue weighted by Crippen LogP contribution is 2.40. The molecule has 0 radical (unpaired) electrons. The summed E-state index contributed by atoms with van der Waals surface area (Å²) in [7, 11) is 0. The van der Waals surface area contributed by atoms with E-state index in [1.54, 1.807) is 29.3 Å². The number of carboxylic acid groups (broad SMARTS) is 1. The van der Waals surface area contributed by atoms with Crippen LogP contribution >= 0.6 is 11.3 Å². The van der Waals surface area contributed by atoms with Crippen molar-refractivity contribution in [2.45, 2.75) is 59.4 Å². The molecule has 194 valence electrons. The first-order valence-electron chi connectivity index (χ1n) is 12.7. The molecule has 0 spiro atoms. The summed E-state index contributed by atoms with van der Waals surface area (Å²) in [5, 5.41) is 12.8. The Morgan fingerprint density at radius 3 is 2.35 bits per heavy atom. The highest BCUT2D eigenvalue weighted by atomic mass is 32.1. The zero-order valence-electron chi connectivity index (χ0n) is 21.7. The summed E-state index contributed by atoms with van der Waals surface area (Å²) >= 11 is 1.16. The number of nitrogens with one attached hydrogen (secondary N) is 1. The summed E-state index contributed by atoms with van der Waals surface area (Å²) < 4.78 is 0. The van der Waals surface area contributed by atoms with Crippen LogP contribution < -0.4 is 10.2 Å². The molecule has 2 heterocycles. The quantitative estimate of drug-likeness (QED) is 0.365. The number of thiophene rings is 1. The minimum Gasteiger partial charge on any atom is -0.477 e. The van der Waals surface area contributed by atoms with Crippen LogP contribution in [0.3, 0.4) is 0 Å². The molecule has 1 aliphatic rings. The lowest BCUT2D eigenvalue weighted by Gasteiger charge is -2.33. The van der Waals surface area contributed by atoms with Crippen LogP contribution in [0.15, 0.2) is 48.7 Å². The first kappa shape index (κ1) is 26.5. The fourth-order valence-electron chi connectivity index (χ4n) is 4.84.